The molecule has 1 N–H and O–H groups in total. The molecule has 0 aliphatic carbocycles. The average Bonchev–Trinajstić information content (AvgIpc) is 3.00. The van der Waals surface area contributed by atoms with E-state index in [9.17, 15) is 9.50 Å². The Hall–Kier alpha value is -2.05. The number of aliphatic hydroxyl groups excluding tert-OH is 1. The lowest BCUT2D eigenvalue weighted by atomic mass is 10.0. The Morgan fingerprint density at radius 1 is 1.22 bits per heavy atom. The molecule has 1 saturated heterocycles. The molecule has 0 radical (unpaired) electrons. The molecule has 0 amide bonds. The molecule has 1 fully saturated rings. The van der Waals surface area contributed by atoms with E-state index in [0.29, 0.717) is 6.54 Å². The summed E-state index contributed by atoms with van der Waals surface area (Å²) < 4.78 is 13.2. The minimum atomic E-state index is -0.318. The maximum absolute atomic E-state index is 13.2. The van der Waals surface area contributed by atoms with Gasteiger partial charge in [0.15, 0.2) is 0 Å². The molecule has 1 aromatic carbocycles. The summed E-state index contributed by atoms with van der Waals surface area (Å²) in [7, 11) is 0. The van der Waals surface area contributed by atoms with Gasteiger partial charge in [-0.3, -0.25) is 0 Å². The summed E-state index contributed by atoms with van der Waals surface area (Å²) in [5, 5.41) is 13.0. The Kier molecular flexibility index (Phi) is 3.71. The van der Waals surface area contributed by atoms with Gasteiger partial charge in [0.25, 0.3) is 0 Å². The summed E-state index contributed by atoms with van der Waals surface area (Å²) in [5.74, 6) is 0.609. The number of piperidine rings is 1. The standard InChI is InChI=1S/C17H16FN3OS/c18-12-5-3-11(4-6-12)14-9-23-17-15(14)16(19-10-20-17)21-7-1-2-13(22)8-21/h3-6,9-10,13,22H,1-2,7-8H2/t13-/m1/s1. The number of thiophene rings is 1. The number of aromatic nitrogens is 2. The van der Waals surface area contributed by atoms with E-state index < -0.39 is 0 Å². The number of β-amino-alcohol motifs (C(OH)–C–C–N with tert-alkyl or cyclic N) is 1. The first-order valence-electron chi connectivity index (χ1n) is 7.63. The summed E-state index contributed by atoms with van der Waals surface area (Å²) in [6.07, 6.45) is 3.03. The number of benzene rings is 1. The minimum Gasteiger partial charge on any atom is -0.391 e. The van der Waals surface area contributed by atoms with E-state index in [4.69, 9.17) is 0 Å². The topological polar surface area (TPSA) is 49.2 Å². The van der Waals surface area contributed by atoms with Crippen LogP contribution in [0.4, 0.5) is 10.2 Å². The zero-order chi connectivity index (χ0) is 15.8. The molecule has 0 bridgehead atoms. The molecule has 1 aliphatic heterocycles. The number of fused-ring (bicyclic) bond motifs is 1. The van der Waals surface area contributed by atoms with Crippen LogP contribution in [0.5, 0.6) is 0 Å². The highest BCUT2D eigenvalue weighted by Crippen LogP contribution is 2.38. The monoisotopic (exact) mass is 329 g/mol. The molecule has 0 saturated carbocycles. The van der Waals surface area contributed by atoms with Crippen molar-refractivity contribution in [1.82, 2.24) is 9.97 Å². The lowest BCUT2D eigenvalue weighted by Gasteiger charge is -2.31. The molecular weight excluding hydrogens is 313 g/mol. The van der Waals surface area contributed by atoms with Crippen molar-refractivity contribution in [3.8, 4) is 11.1 Å². The maximum Gasteiger partial charge on any atom is 0.141 e. The van der Waals surface area contributed by atoms with Crippen molar-refractivity contribution in [2.24, 2.45) is 0 Å². The summed E-state index contributed by atoms with van der Waals surface area (Å²) in [4.78, 5) is 11.9. The second-order valence-corrected chi connectivity index (χ2v) is 6.63. The summed E-state index contributed by atoms with van der Waals surface area (Å²) in [6.45, 7) is 1.46. The Labute approximate surface area is 137 Å². The van der Waals surface area contributed by atoms with Crippen LogP contribution in [0, 0.1) is 5.82 Å². The molecule has 4 rings (SSSR count). The van der Waals surface area contributed by atoms with Gasteiger partial charge in [-0.1, -0.05) is 12.1 Å². The van der Waals surface area contributed by atoms with E-state index in [0.717, 1.165) is 46.5 Å². The molecule has 6 heteroatoms. The third-order valence-electron chi connectivity index (χ3n) is 4.20. The van der Waals surface area contributed by atoms with Gasteiger partial charge >= 0.3 is 0 Å². The first kappa shape index (κ1) is 14.5. The van der Waals surface area contributed by atoms with Gasteiger partial charge in [-0.25, -0.2) is 14.4 Å². The van der Waals surface area contributed by atoms with Gasteiger partial charge in [-0.15, -0.1) is 11.3 Å². The van der Waals surface area contributed by atoms with Crippen LogP contribution in [0.15, 0.2) is 36.0 Å². The van der Waals surface area contributed by atoms with E-state index >= 15 is 0 Å². The lowest BCUT2D eigenvalue weighted by Crippen LogP contribution is -2.38. The smallest absolute Gasteiger partial charge is 0.141 e. The number of rotatable bonds is 2. The first-order valence-corrected chi connectivity index (χ1v) is 8.51. The van der Waals surface area contributed by atoms with Crippen LogP contribution in [0.1, 0.15) is 12.8 Å². The van der Waals surface area contributed by atoms with Crippen LogP contribution in [-0.4, -0.2) is 34.3 Å². The fourth-order valence-electron chi connectivity index (χ4n) is 3.09. The van der Waals surface area contributed by atoms with E-state index in [1.54, 1.807) is 29.8 Å². The maximum atomic E-state index is 13.2. The number of halogens is 1. The average molecular weight is 329 g/mol. The van der Waals surface area contributed by atoms with Gasteiger partial charge in [0, 0.05) is 24.0 Å². The van der Waals surface area contributed by atoms with Crippen molar-refractivity contribution < 1.29 is 9.50 Å². The highest BCUT2D eigenvalue weighted by atomic mass is 32.1. The quantitative estimate of drug-likeness (QED) is 0.782. The highest BCUT2D eigenvalue weighted by molar-refractivity contribution is 7.17. The molecular formula is C17H16FN3OS. The van der Waals surface area contributed by atoms with Gasteiger partial charge in [0.1, 0.15) is 22.8 Å². The molecule has 23 heavy (non-hydrogen) atoms. The van der Waals surface area contributed by atoms with Crippen LogP contribution in [-0.2, 0) is 0 Å². The molecule has 3 aromatic rings. The molecule has 0 unspecified atom stereocenters. The van der Waals surface area contributed by atoms with Crippen LogP contribution in [0.2, 0.25) is 0 Å². The Morgan fingerprint density at radius 3 is 2.83 bits per heavy atom. The molecule has 118 valence electrons. The van der Waals surface area contributed by atoms with Crippen LogP contribution in [0.3, 0.4) is 0 Å². The van der Waals surface area contributed by atoms with Crippen molar-refractivity contribution in [2.75, 3.05) is 18.0 Å². The molecule has 2 aromatic heterocycles. The van der Waals surface area contributed by atoms with E-state index in [1.165, 1.54) is 12.1 Å². The second kappa shape index (κ2) is 5.86. The molecule has 4 nitrogen and oxygen atoms in total. The lowest BCUT2D eigenvalue weighted by molar-refractivity contribution is 0.154. The summed E-state index contributed by atoms with van der Waals surface area (Å²) in [5.41, 5.74) is 1.96. The van der Waals surface area contributed by atoms with Crippen LogP contribution in [0.25, 0.3) is 21.3 Å². The fraction of sp³-hybridized carbons (Fsp3) is 0.294. The fourth-order valence-corrected chi connectivity index (χ4v) is 4.00. The summed E-state index contributed by atoms with van der Waals surface area (Å²) >= 11 is 1.56. The minimum absolute atomic E-state index is 0.246. The van der Waals surface area contributed by atoms with Gasteiger partial charge in [0.05, 0.1) is 11.5 Å². The number of hydrogen-bond acceptors (Lipinski definition) is 5. The summed E-state index contributed by atoms with van der Waals surface area (Å²) in [6, 6.07) is 6.48. The number of hydrogen-bond donors (Lipinski definition) is 1. The third-order valence-corrected chi connectivity index (χ3v) is 5.09. The van der Waals surface area contributed by atoms with Crippen molar-refractivity contribution in [3.63, 3.8) is 0 Å². The molecule has 0 spiro atoms. The van der Waals surface area contributed by atoms with Gasteiger partial charge in [0.2, 0.25) is 0 Å². The molecule has 1 aliphatic rings. The molecule has 1 atom stereocenters. The number of nitrogens with zero attached hydrogens (tertiary/aromatic N) is 3. The Bertz CT molecular complexity index is 833. The zero-order valence-corrected chi connectivity index (χ0v) is 13.3. The third kappa shape index (κ3) is 2.68. The van der Waals surface area contributed by atoms with Crippen molar-refractivity contribution in [2.45, 2.75) is 18.9 Å². The van der Waals surface area contributed by atoms with Crippen LogP contribution < -0.4 is 4.90 Å². The first-order chi connectivity index (χ1) is 11.2. The van der Waals surface area contributed by atoms with Crippen molar-refractivity contribution >= 4 is 27.4 Å². The largest absolute Gasteiger partial charge is 0.391 e. The normalized spacial score (nSPS) is 18.5. The molecule has 3 heterocycles. The van der Waals surface area contributed by atoms with E-state index in [2.05, 4.69) is 14.9 Å². The van der Waals surface area contributed by atoms with Gasteiger partial charge in [-0.05, 0) is 30.5 Å². The Morgan fingerprint density at radius 2 is 2.04 bits per heavy atom. The zero-order valence-electron chi connectivity index (χ0n) is 12.4. The Balaban J connectivity index is 1.85. The van der Waals surface area contributed by atoms with Gasteiger partial charge in [-0.2, -0.15) is 0 Å². The number of anilines is 1. The SMILES string of the molecule is O[C@@H]1CCCN(c2ncnc3scc(-c4ccc(F)cc4)c23)C1. The second-order valence-electron chi connectivity index (χ2n) is 5.78. The predicted octanol–water partition coefficient (Wildman–Crippen LogP) is 3.46. The van der Waals surface area contributed by atoms with Crippen molar-refractivity contribution in [3.05, 3.63) is 41.8 Å². The van der Waals surface area contributed by atoms with Crippen molar-refractivity contribution in [1.29, 1.82) is 0 Å². The highest BCUT2D eigenvalue weighted by Gasteiger charge is 2.23. The van der Waals surface area contributed by atoms with E-state index in [-0.39, 0.29) is 11.9 Å². The number of aliphatic hydroxyl groups is 1. The van der Waals surface area contributed by atoms with Gasteiger partial charge < -0.3 is 10.0 Å². The predicted molar refractivity (Wildman–Crippen MR) is 90.3 cm³/mol. The van der Waals surface area contributed by atoms with E-state index in [1.807, 2.05) is 5.38 Å². The van der Waals surface area contributed by atoms with Crippen LogP contribution >= 0.6 is 11.3 Å².